The van der Waals surface area contributed by atoms with Crippen molar-refractivity contribution in [2.24, 2.45) is 0 Å². The fraction of sp³-hybridized carbons (Fsp3) is 0.250. The minimum Gasteiger partial charge on any atom is -1.00 e. The Hall–Kier alpha value is -2.44. The first-order valence-corrected chi connectivity index (χ1v) is 11.2. The van der Waals surface area contributed by atoms with Crippen LogP contribution in [0.25, 0.3) is 17.2 Å². The number of nitrogens with zero attached hydrogens (tertiary/aromatic N) is 1. The average molecular weight is 538 g/mol. The van der Waals surface area contributed by atoms with Crippen LogP contribution in [-0.4, -0.2) is 30.5 Å². The van der Waals surface area contributed by atoms with Crippen molar-refractivity contribution >= 4 is 17.7 Å². The van der Waals surface area contributed by atoms with E-state index in [-0.39, 0.29) is 29.9 Å². The van der Waals surface area contributed by atoms with Crippen molar-refractivity contribution in [2.75, 3.05) is 25.5 Å². The number of amides is 1. The molecule has 166 valence electrons. The van der Waals surface area contributed by atoms with E-state index in [9.17, 15) is 4.79 Å². The molecule has 0 unspecified atom stereocenters. The molecule has 1 fully saturated rings. The Bertz CT molecular complexity index is 1040. The molecule has 0 aliphatic carbocycles. The fourth-order valence-corrected chi connectivity index (χ4v) is 4.38. The summed E-state index contributed by atoms with van der Waals surface area (Å²) in [5, 5.41) is 2.97. The number of hydrogen-bond donors (Lipinski definition) is 1. The Morgan fingerprint density at radius 1 is 0.875 bits per heavy atom. The Balaban J connectivity index is 0.00000289. The molecule has 3 aromatic rings. The zero-order chi connectivity index (χ0) is 21.5. The summed E-state index contributed by atoms with van der Waals surface area (Å²) in [6, 6.07) is 26.8. The molecule has 3 aromatic carbocycles. The van der Waals surface area contributed by atoms with E-state index >= 15 is 0 Å². The van der Waals surface area contributed by atoms with Crippen molar-refractivity contribution in [1.29, 1.82) is 0 Å². The number of quaternary nitrogens is 1. The van der Waals surface area contributed by atoms with Crippen LogP contribution in [-0.2, 0) is 11.3 Å². The molecule has 1 N–H and O–H groups in total. The third-order valence-corrected chi connectivity index (χ3v) is 6.10. The van der Waals surface area contributed by atoms with Gasteiger partial charge in [0.05, 0.1) is 20.1 Å². The standard InChI is InChI=1S/C28H30N2O.HI/c1-30(19-6-3-7-20-30)22-24-13-16-27(17-14-24)29-28(31)18-15-23-9-8-12-26(21-23)25-10-4-2-5-11-25;/h2,4-5,8-18,21H,3,6-7,19-20,22H2,1H3;1H/b18-15+;. The highest BCUT2D eigenvalue weighted by molar-refractivity contribution is 6.02. The van der Waals surface area contributed by atoms with Crippen LogP contribution in [0.3, 0.4) is 0 Å². The predicted octanol–water partition coefficient (Wildman–Crippen LogP) is 3.14. The second-order valence-electron chi connectivity index (χ2n) is 8.80. The van der Waals surface area contributed by atoms with Gasteiger partial charge in [0, 0.05) is 17.3 Å². The summed E-state index contributed by atoms with van der Waals surface area (Å²) in [7, 11) is 2.35. The lowest BCUT2D eigenvalue weighted by Gasteiger charge is -2.37. The molecule has 0 saturated carbocycles. The lowest BCUT2D eigenvalue weighted by Crippen LogP contribution is -3.00. The van der Waals surface area contributed by atoms with Gasteiger partial charge in [-0.2, -0.15) is 0 Å². The van der Waals surface area contributed by atoms with Gasteiger partial charge in [0.15, 0.2) is 0 Å². The van der Waals surface area contributed by atoms with E-state index < -0.39 is 0 Å². The Labute approximate surface area is 208 Å². The summed E-state index contributed by atoms with van der Waals surface area (Å²) in [4.78, 5) is 12.4. The zero-order valence-electron chi connectivity index (χ0n) is 18.6. The molecule has 0 radical (unpaired) electrons. The van der Waals surface area contributed by atoms with Crippen LogP contribution in [0.2, 0.25) is 0 Å². The SMILES string of the molecule is C[N+]1(Cc2ccc(NC(=O)/C=C/c3cccc(-c4ccccc4)c3)cc2)CCCCC1.[I-]. The third-order valence-electron chi connectivity index (χ3n) is 6.10. The Kier molecular flexibility index (Phi) is 8.65. The molecule has 0 spiro atoms. The van der Waals surface area contributed by atoms with Crippen molar-refractivity contribution in [3.8, 4) is 11.1 Å². The van der Waals surface area contributed by atoms with Gasteiger partial charge < -0.3 is 33.8 Å². The minimum atomic E-state index is -0.118. The van der Waals surface area contributed by atoms with E-state index in [2.05, 4.69) is 48.8 Å². The van der Waals surface area contributed by atoms with Crippen molar-refractivity contribution in [1.82, 2.24) is 0 Å². The maximum atomic E-state index is 12.4. The number of anilines is 1. The molecule has 1 heterocycles. The van der Waals surface area contributed by atoms with E-state index in [1.807, 2.05) is 48.5 Å². The molecule has 3 nitrogen and oxygen atoms in total. The minimum absolute atomic E-state index is 0. The van der Waals surface area contributed by atoms with Crippen LogP contribution in [0, 0.1) is 0 Å². The summed E-state index contributed by atoms with van der Waals surface area (Å²) < 4.78 is 1.12. The number of hydrogen-bond acceptors (Lipinski definition) is 1. The number of piperidine rings is 1. The molecule has 0 atom stereocenters. The van der Waals surface area contributed by atoms with Crippen molar-refractivity contribution < 1.29 is 33.3 Å². The smallest absolute Gasteiger partial charge is 0.248 e. The van der Waals surface area contributed by atoms with Gasteiger partial charge in [-0.05, 0) is 60.2 Å². The lowest BCUT2D eigenvalue weighted by atomic mass is 10.0. The summed E-state index contributed by atoms with van der Waals surface area (Å²) >= 11 is 0. The van der Waals surface area contributed by atoms with Gasteiger partial charge in [0.25, 0.3) is 0 Å². The average Bonchev–Trinajstić information content (AvgIpc) is 2.80. The monoisotopic (exact) mass is 538 g/mol. The van der Waals surface area contributed by atoms with Crippen LogP contribution >= 0.6 is 0 Å². The van der Waals surface area contributed by atoms with E-state index in [1.54, 1.807) is 6.08 Å². The highest BCUT2D eigenvalue weighted by atomic mass is 127. The second-order valence-corrected chi connectivity index (χ2v) is 8.80. The largest absolute Gasteiger partial charge is 1.00 e. The summed E-state index contributed by atoms with van der Waals surface area (Å²) in [5.41, 5.74) is 5.48. The van der Waals surface area contributed by atoms with Crippen molar-refractivity contribution in [3.05, 3.63) is 96.1 Å². The molecule has 1 aliphatic rings. The number of rotatable bonds is 6. The van der Waals surface area contributed by atoms with Gasteiger partial charge >= 0.3 is 0 Å². The Morgan fingerprint density at radius 2 is 1.56 bits per heavy atom. The molecule has 4 rings (SSSR count). The predicted molar refractivity (Wildman–Crippen MR) is 129 cm³/mol. The summed E-state index contributed by atoms with van der Waals surface area (Å²) in [5.74, 6) is -0.118. The molecule has 32 heavy (non-hydrogen) atoms. The van der Waals surface area contributed by atoms with Crippen LogP contribution in [0.4, 0.5) is 5.69 Å². The highest BCUT2D eigenvalue weighted by Gasteiger charge is 2.24. The highest BCUT2D eigenvalue weighted by Crippen LogP contribution is 2.22. The topological polar surface area (TPSA) is 29.1 Å². The molecule has 0 bridgehead atoms. The molecule has 1 aliphatic heterocycles. The van der Waals surface area contributed by atoms with E-state index in [4.69, 9.17) is 0 Å². The van der Waals surface area contributed by atoms with Gasteiger partial charge in [-0.15, -0.1) is 0 Å². The zero-order valence-corrected chi connectivity index (χ0v) is 20.8. The number of carbonyl (C=O) groups excluding carboxylic acids is 1. The van der Waals surface area contributed by atoms with Crippen LogP contribution in [0.1, 0.15) is 30.4 Å². The summed E-state index contributed by atoms with van der Waals surface area (Å²) in [6.07, 6.45) is 7.47. The van der Waals surface area contributed by atoms with Gasteiger partial charge in [0.1, 0.15) is 6.54 Å². The van der Waals surface area contributed by atoms with E-state index in [0.717, 1.165) is 27.8 Å². The van der Waals surface area contributed by atoms with Gasteiger partial charge in [-0.1, -0.05) is 60.7 Å². The summed E-state index contributed by atoms with van der Waals surface area (Å²) in [6.45, 7) is 3.58. The van der Waals surface area contributed by atoms with Crippen LogP contribution in [0.15, 0.2) is 84.9 Å². The Morgan fingerprint density at radius 3 is 2.28 bits per heavy atom. The maximum Gasteiger partial charge on any atom is 0.248 e. The fourth-order valence-electron chi connectivity index (χ4n) is 4.38. The molecule has 1 saturated heterocycles. The number of nitrogens with one attached hydrogen (secondary N) is 1. The quantitative estimate of drug-likeness (QED) is 0.292. The van der Waals surface area contributed by atoms with Crippen LogP contribution < -0.4 is 29.3 Å². The first-order chi connectivity index (χ1) is 15.1. The number of likely N-dealkylation sites (tertiary alicyclic amines) is 1. The molecule has 4 heteroatoms. The molecular weight excluding hydrogens is 507 g/mol. The van der Waals surface area contributed by atoms with Gasteiger partial charge in [-0.25, -0.2) is 0 Å². The molecule has 0 aromatic heterocycles. The van der Waals surface area contributed by atoms with Crippen molar-refractivity contribution in [2.45, 2.75) is 25.8 Å². The van der Waals surface area contributed by atoms with Gasteiger partial charge in [-0.3, -0.25) is 4.79 Å². The first kappa shape index (κ1) is 24.2. The van der Waals surface area contributed by atoms with E-state index in [0.29, 0.717) is 0 Å². The second kappa shape index (κ2) is 11.4. The van der Waals surface area contributed by atoms with Crippen LogP contribution in [0.5, 0.6) is 0 Å². The van der Waals surface area contributed by atoms with Crippen molar-refractivity contribution in [3.63, 3.8) is 0 Å². The normalized spacial score (nSPS) is 15.2. The van der Waals surface area contributed by atoms with Gasteiger partial charge in [0.2, 0.25) is 5.91 Å². The lowest BCUT2D eigenvalue weighted by molar-refractivity contribution is -0.926. The number of benzene rings is 3. The molecule has 1 amide bonds. The molecular formula is C28H31IN2O. The first-order valence-electron chi connectivity index (χ1n) is 11.2. The van der Waals surface area contributed by atoms with E-state index in [1.165, 1.54) is 43.5 Å². The number of halogens is 1. The third kappa shape index (κ3) is 6.78. The maximum absolute atomic E-state index is 12.4. The number of carbonyl (C=O) groups is 1.